The number of imide groups is 1. The van der Waals surface area contributed by atoms with E-state index in [9.17, 15) is 14.4 Å². The Labute approximate surface area is 221 Å². The first-order valence-corrected chi connectivity index (χ1v) is 12.4. The number of carbonyl (C=O) groups is 3. The minimum Gasteiger partial charge on any atom is -0.423 e. The molecule has 0 radical (unpaired) electrons. The third kappa shape index (κ3) is 5.44. The lowest BCUT2D eigenvalue weighted by Crippen LogP contribution is -2.32. The number of benzene rings is 3. The number of nitrogens with one attached hydrogen (secondary N) is 1. The summed E-state index contributed by atoms with van der Waals surface area (Å²) in [6.07, 6.45) is 0.848. The number of aryl methyl sites for hydroxylation is 2. The number of esters is 1. The van der Waals surface area contributed by atoms with Crippen LogP contribution in [0.15, 0.2) is 77.5 Å². The van der Waals surface area contributed by atoms with E-state index >= 15 is 0 Å². The normalized spacial score (nSPS) is 13.8. The van der Waals surface area contributed by atoms with E-state index in [1.54, 1.807) is 36.4 Å². The van der Waals surface area contributed by atoms with Crippen LogP contribution in [0.25, 0.3) is 0 Å². The van der Waals surface area contributed by atoms with Crippen molar-refractivity contribution in [2.75, 3.05) is 10.2 Å². The van der Waals surface area contributed by atoms with Crippen molar-refractivity contribution in [2.24, 2.45) is 0 Å². The number of amides is 2. The number of anilines is 2. The van der Waals surface area contributed by atoms with Crippen LogP contribution in [0.1, 0.15) is 54.7 Å². The average molecular weight is 517 g/mol. The first kappa shape index (κ1) is 26.2. The molecule has 37 heavy (non-hydrogen) atoms. The summed E-state index contributed by atoms with van der Waals surface area (Å²) in [7, 11) is 0. The largest absolute Gasteiger partial charge is 0.423 e. The molecule has 1 aliphatic rings. The molecular formula is C30H29ClN2O4. The lowest BCUT2D eigenvalue weighted by molar-refractivity contribution is -0.120. The van der Waals surface area contributed by atoms with E-state index in [1.807, 2.05) is 44.2 Å². The fraction of sp³-hybridized carbons (Fsp3) is 0.233. The zero-order chi connectivity index (χ0) is 26.9. The molecule has 0 unspecified atom stereocenters. The molecule has 4 rings (SSSR count). The highest BCUT2D eigenvalue weighted by molar-refractivity contribution is 6.53. The number of ether oxygens (including phenoxy) is 1. The lowest BCUT2D eigenvalue weighted by atomic mass is 9.85. The molecule has 0 aliphatic carbocycles. The van der Waals surface area contributed by atoms with Crippen LogP contribution >= 0.6 is 11.6 Å². The predicted octanol–water partition coefficient (Wildman–Crippen LogP) is 6.51. The summed E-state index contributed by atoms with van der Waals surface area (Å²) in [6.45, 7) is 10.2. The molecule has 0 saturated heterocycles. The van der Waals surface area contributed by atoms with Gasteiger partial charge in [0.05, 0.1) is 11.3 Å². The van der Waals surface area contributed by atoms with Gasteiger partial charge >= 0.3 is 5.97 Å². The van der Waals surface area contributed by atoms with Gasteiger partial charge in [0.2, 0.25) is 0 Å². The third-order valence-electron chi connectivity index (χ3n) is 6.17. The maximum Gasteiger partial charge on any atom is 0.343 e. The zero-order valence-electron chi connectivity index (χ0n) is 21.5. The van der Waals surface area contributed by atoms with Gasteiger partial charge in [0, 0.05) is 11.3 Å². The molecule has 0 aromatic heterocycles. The summed E-state index contributed by atoms with van der Waals surface area (Å²) in [5.41, 5.74) is 4.21. The van der Waals surface area contributed by atoms with Crippen molar-refractivity contribution < 1.29 is 19.1 Å². The predicted molar refractivity (Wildman–Crippen MR) is 146 cm³/mol. The number of carbonyl (C=O) groups excluding carboxylic acids is 3. The van der Waals surface area contributed by atoms with Crippen molar-refractivity contribution in [2.45, 2.75) is 46.5 Å². The van der Waals surface area contributed by atoms with Crippen molar-refractivity contribution in [1.82, 2.24) is 0 Å². The molecule has 3 aromatic carbocycles. The molecule has 0 spiro atoms. The van der Waals surface area contributed by atoms with Gasteiger partial charge in [0.25, 0.3) is 11.8 Å². The van der Waals surface area contributed by atoms with E-state index in [4.69, 9.17) is 16.3 Å². The molecule has 6 nitrogen and oxygen atoms in total. The summed E-state index contributed by atoms with van der Waals surface area (Å²) in [5, 5.41) is 2.74. The second kappa shape index (κ2) is 10.2. The number of nitrogens with zero attached hydrogens (tertiary/aromatic N) is 1. The maximum absolute atomic E-state index is 13.0. The number of rotatable bonds is 6. The Bertz CT molecular complexity index is 1400. The Morgan fingerprint density at radius 1 is 0.946 bits per heavy atom. The summed E-state index contributed by atoms with van der Waals surface area (Å²) in [4.78, 5) is 39.6. The first-order valence-electron chi connectivity index (χ1n) is 12.1. The Morgan fingerprint density at radius 3 is 2.19 bits per heavy atom. The summed E-state index contributed by atoms with van der Waals surface area (Å²) in [6, 6.07) is 19.4. The van der Waals surface area contributed by atoms with Gasteiger partial charge < -0.3 is 10.1 Å². The van der Waals surface area contributed by atoms with E-state index in [0.29, 0.717) is 22.7 Å². The van der Waals surface area contributed by atoms with E-state index in [0.717, 1.165) is 28.0 Å². The topological polar surface area (TPSA) is 75.7 Å². The summed E-state index contributed by atoms with van der Waals surface area (Å²) < 4.78 is 5.72. The highest BCUT2D eigenvalue weighted by atomic mass is 35.5. The van der Waals surface area contributed by atoms with Crippen LogP contribution in [0.2, 0.25) is 0 Å². The number of hydrogen-bond acceptors (Lipinski definition) is 5. The van der Waals surface area contributed by atoms with Gasteiger partial charge in [0.15, 0.2) is 0 Å². The molecule has 0 fully saturated rings. The number of halogens is 1. The van der Waals surface area contributed by atoms with Crippen molar-refractivity contribution in [1.29, 1.82) is 0 Å². The van der Waals surface area contributed by atoms with Crippen LogP contribution in [-0.4, -0.2) is 17.8 Å². The van der Waals surface area contributed by atoms with Gasteiger partial charge in [-0.25, -0.2) is 9.69 Å². The van der Waals surface area contributed by atoms with Crippen molar-refractivity contribution in [3.63, 3.8) is 0 Å². The smallest absolute Gasteiger partial charge is 0.343 e. The molecule has 3 aromatic rings. The molecule has 7 heteroatoms. The Balaban J connectivity index is 1.49. The van der Waals surface area contributed by atoms with Crippen molar-refractivity contribution in [3.8, 4) is 5.75 Å². The number of hydrogen-bond donors (Lipinski definition) is 1. The zero-order valence-corrected chi connectivity index (χ0v) is 22.3. The van der Waals surface area contributed by atoms with Gasteiger partial charge in [-0.3, -0.25) is 9.59 Å². The van der Waals surface area contributed by atoms with Crippen molar-refractivity contribution >= 4 is 40.8 Å². The van der Waals surface area contributed by atoms with E-state index in [2.05, 4.69) is 26.1 Å². The molecule has 0 saturated carbocycles. The van der Waals surface area contributed by atoms with Crippen LogP contribution in [0.5, 0.6) is 5.75 Å². The van der Waals surface area contributed by atoms with Crippen LogP contribution in [-0.2, 0) is 21.4 Å². The molecule has 0 atom stereocenters. The molecule has 2 amide bonds. The Kier molecular flexibility index (Phi) is 7.23. The molecule has 1 aliphatic heterocycles. The molecule has 190 valence electrons. The second-order valence-corrected chi connectivity index (χ2v) is 10.4. The highest BCUT2D eigenvalue weighted by Crippen LogP contribution is 2.33. The molecule has 0 bridgehead atoms. The minimum atomic E-state index is -0.591. The van der Waals surface area contributed by atoms with Gasteiger partial charge in [0.1, 0.15) is 16.5 Å². The van der Waals surface area contributed by atoms with Gasteiger partial charge in [-0.2, -0.15) is 0 Å². The standard InChI is InChI=1S/C30H29ClN2O4/c1-6-19-8-14-22(15-9-19)33-27(34)25(31)26(28(33)35)32-21-12-10-20(11-13-21)29(36)37-24-16-7-18(2)17-23(24)30(3,4)5/h7-17,32H,6H2,1-5H3. The fourth-order valence-electron chi connectivity index (χ4n) is 4.04. The van der Waals surface area contributed by atoms with Gasteiger partial charge in [-0.1, -0.05) is 69.1 Å². The Morgan fingerprint density at radius 2 is 1.59 bits per heavy atom. The molecule has 1 heterocycles. The second-order valence-electron chi connectivity index (χ2n) is 10.00. The van der Waals surface area contributed by atoms with Crippen molar-refractivity contribution in [3.05, 3.63) is 99.7 Å². The molecule has 1 N–H and O–H groups in total. The first-order chi connectivity index (χ1) is 17.5. The van der Waals surface area contributed by atoms with Gasteiger partial charge in [-0.05, 0) is 66.8 Å². The SMILES string of the molecule is CCc1ccc(N2C(=O)C(Cl)=C(Nc3ccc(C(=O)Oc4ccc(C)cc4C(C)(C)C)cc3)C2=O)cc1. The third-order valence-corrected chi connectivity index (χ3v) is 6.52. The average Bonchev–Trinajstić information content (AvgIpc) is 3.08. The lowest BCUT2D eigenvalue weighted by Gasteiger charge is -2.22. The Hall–Kier alpha value is -3.90. The fourth-order valence-corrected chi connectivity index (χ4v) is 4.25. The van der Waals surface area contributed by atoms with E-state index < -0.39 is 17.8 Å². The maximum atomic E-state index is 13.0. The van der Waals surface area contributed by atoms with E-state index in [1.165, 1.54) is 0 Å². The van der Waals surface area contributed by atoms with Crippen LogP contribution in [0.4, 0.5) is 11.4 Å². The summed E-state index contributed by atoms with van der Waals surface area (Å²) >= 11 is 6.24. The monoisotopic (exact) mass is 516 g/mol. The highest BCUT2D eigenvalue weighted by Gasteiger charge is 2.39. The van der Waals surface area contributed by atoms with Gasteiger partial charge in [-0.15, -0.1) is 0 Å². The summed E-state index contributed by atoms with van der Waals surface area (Å²) in [5.74, 6) is -1.11. The van der Waals surface area contributed by atoms with Crippen LogP contribution in [0.3, 0.4) is 0 Å². The minimum absolute atomic E-state index is 0.0176. The molecular weight excluding hydrogens is 488 g/mol. The van der Waals surface area contributed by atoms with Crippen LogP contribution < -0.4 is 15.0 Å². The quantitative estimate of drug-likeness (QED) is 0.229. The van der Waals surface area contributed by atoms with E-state index in [-0.39, 0.29) is 16.1 Å². The van der Waals surface area contributed by atoms with Crippen LogP contribution in [0, 0.1) is 6.92 Å².